The second-order valence-corrected chi connectivity index (χ2v) is 5.76. The van der Waals surface area contributed by atoms with Crippen LogP contribution in [0.25, 0.3) is 0 Å². The average Bonchev–Trinajstić information content (AvgIpc) is 2.58. The van der Waals surface area contributed by atoms with Gasteiger partial charge in [0.25, 0.3) is 5.91 Å². The second kappa shape index (κ2) is 8.15. The van der Waals surface area contributed by atoms with Gasteiger partial charge < -0.3 is 15.2 Å². The summed E-state index contributed by atoms with van der Waals surface area (Å²) in [5.41, 5.74) is 1.70. The number of ether oxygens (including phenoxy) is 1. The number of carbonyl (C=O) groups is 2. The molecule has 1 atom stereocenters. The number of amides is 1. The first kappa shape index (κ1) is 17.5. The Morgan fingerprint density at radius 1 is 1.00 bits per heavy atom. The molecule has 24 heavy (non-hydrogen) atoms. The van der Waals surface area contributed by atoms with Crippen molar-refractivity contribution in [2.45, 2.75) is 25.8 Å². The van der Waals surface area contributed by atoms with Crippen molar-refractivity contribution >= 4 is 11.9 Å². The Morgan fingerprint density at radius 2 is 1.62 bits per heavy atom. The minimum absolute atomic E-state index is 0.238. The Morgan fingerprint density at radius 3 is 2.17 bits per heavy atom. The van der Waals surface area contributed by atoms with Crippen LogP contribution in [0.3, 0.4) is 0 Å². The van der Waals surface area contributed by atoms with Crippen LogP contribution >= 0.6 is 0 Å². The fourth-order valence-corrected chi connectivity index (χ4v) is 2.23. The van der Waals surface area contributed by atoms with Gasteiger partial charge in [0.2, 0.25) is 0 Å². The van der Waals surface area contributed by atoms with E-state index in [4.69, 9.17) is 4.74 Å². The molecule has 0 heterocycles. The second-order valence-electron chi connectivity index (χ2n) is 5.76. The summed E-state index contributed by atoms with van der Waals surface area (Å²) < 4.78 is 5.41. The smallest absolute Gasteiger partial charge is 0.330 e. The van der Waals surface area contributed by atoms with Crippen LogP contribution in [0.1, 0.15) is 36.9 Å². The number of benzene rings is 2. The zero-order valence-electron chi connectivity index (χ0n) is 13.7. The normalized spacial score (nSPS) is 11.8. The Kier molecular flexibility index (Phi) is 5.95. The summed E-state index contributed by atoms with van der Waals surface area (Å²) >= 11 is 0. The van der Waals surface area contributed by atoms with Crippen LogP contribution < -0.4 is 10.1 Å². The molecule has 5 heteroatoms. The number of nitrogens with one attached hydrogen (secondary N) is 1. The summed E-state index contributed by atoms with van der Waals surface area (Å²) in [7, 11) is 0. The van der Waals surface area contributed by atoms with E-state index in [2.05, 4.69) is 19.2 Å². The zero-order chi connectivity index (χ0) is 17.5. The average molecular weight is 327 g/mol. The molecule has 0 aromatic heterocycles. The Labute approximate surface area is 141 Å². The number of carboxylic acids is 1. The molecule has 0 radical (unpaired) electrons. The predicted octanol–water partition coefficient (Wildman–Crippen LogP) is 3.13. The van der Waals surface area contributed by atoms with Gasteiger partial charge >= 0.3 is 5.97 Å². The number of carboxylic acid groups (broad SMARTS) is 1. The number of hydrogen-bond donors (Lipinski definition) is 2. The fraction of sp³-hybridized carbons (Fsp3) is 0.263. The van der Waals surface area contributed by atoms with Crippen molar-refractivity contribution in [1.82, 2.24) is 5.32 Å². The summed E-state index contributed by atoms with van der Waals surface area (Å²) in [5, 5.41) is 11.8. The van der Waals surface area contributed by atoms with Gasteiger partial charge in [-0.1, -0.05) is 56.3 Å². The number of carbonyl (C=O) groups excluding carboxylic acids is 1. The molecule has 2 aromatic rings. The largest absolute Gasteiger partial charge is 0.484 e. The van der Waals surface area contributed by atoms with Crippen molar-refractivity contribution in [3.05, 3.63) is 65.7 Å². The summed E-state index contributed by atoms with van der Waals surface area (Å²) in [6.45, 7) is 3.95. The van der Waals surface area contributed by atoms with Gasteiger partial charge in [0.05, 0.1) is 0 Å². The zero-order valence-corrected chi connectivity index (χ0v) is 13.7. The van der Waals surface area contributed by atoms with Gasteiger partial charge in [-0.25, -0.2) is 4.79 Å². The first-order valence-electron chi connectivity index (χ1n) is 7.77. The minimum atomic E-state index is -1.11. The number of aliphatic carboxylic acids is 1. The van der Waals surface area contributed by atoms with Crippen molar-refractivity contribution in [2.75, 3.05) is 6.61 Å². The van der Waals surface area contributed by atoms with Crippen LogP contribution in [-0.2, 0) is 9.59 Å². The topological polar surface area (TPSA) is 75.6 Å². The van der Waals surface area contributed by atoms with E-state index in [9.17, 15) is 14.7 Å². The molecule has 126 valence electrons. The highest BCUT2D eigenvalue weighted by molar-refractivity contribution is 5.85. The third-order valence-corrected chi connectivity index (χ3v) is 3.60. The number of hydrogen-bond acceptors (Lipinski definition) is 3. The first-order valence-corrected chi connectivity index (χ1v) is 7.77. The fourth-order valence-electron chi connectivity index (χ4n) is 2.23. The van der Waals surface area contributed by atoms with Crippen LogP contribution in [0.5, 0.6) is 5.75 Å². The molecular formula is C19H21NO4. The molecule has 0 unspecified atom stereocenters. The maximum atomic E-state index is 12.0. The SMILES string of the molecule is CC(C)c1ccc(OCC(=O)N[C@@H](C(=O)O)c2ccccc2)cc1. The van der Waals surface area contributed by atoms with E-state index in [1.165, 1.54) is 5.56 Å². The summed E-state index contributed by atoms with van der Waals surface area (Å²) in [4.78, 5) is 23.3. The van der Waals surface area contributed by atoms with E-state index in [0.717, 1.165) is 0 Å². The van der Waals surface area contributed by atoms with Crippen LogP contribution in [0.4, 0.5) is 0 Å². The lowest BCUT2D eigenvalue weighted by Crippen LogP contribution is -2.36. The number of rotatable bonds is 7. The molecule has 0 bridgehead atoms. The Bertz CT molecular complexity index is 680. The highest BCUT2D eigenvalue weighted by Crippen LogP contribution is 2.18. The van der Waals surface area contributed by atoms with E-state index in [0.29, 0.717) is 17.2 Å². The van der Waals surface area contributed by atoms with Gasteiger partial charge in [-0.2, -0.15) is 0 Å². The van der Waals surface area contributed by atoms with Crippen LogP contribution in [-0.4, -0.2) is 23.6 Å². The first-order chi connectivity index (χ1) is 11.5. The molecule has 5 nitrogen and oxygen atoms in total. The van der Waals surface area contributed by atoms with Gasteiger partial charge in [-0.3, -0.25) is 4.79 Å². The van der Waals surface area contributed by atoms with Crippen LogP contribution in [0.15, 0.2) is 54.6 Å². The van der Waals surface area contributed by atoms with Crippen molar-refractivity contribution in [2.24, 2.45) is 0 Å². The molecule has 0 aliphatic carbocycles. The molecule has 0 aliphatic heterocycles. The summed E-state index contributed by atoms with van der Waals surface area (Å²) in [6.07, 6.45) is 0. The van der Waals surface area contributed by atoms with Crippen molar-refractivity contribution < 1.29 is 19.4 Å². The van der Waals surface area contributed by atoms with Crippen LogP contribution in [0, 0.1) is 0 Å². The van der Waals surface area contributed by atoms with E-state index in [1.54, 1.807) is 42.5 Å². The molecule has 0 spiro atoms. The summed E-state index contributed by atoms with van der Waals surface area (Å²) in [5.74, 6) is -0.610. The van der Waals surface area contributed by atoms with Crippen LogP contribution in [0.2, 0.25) is 0 Å². The van der Waals surface area contributed by atoms with Gasteiger partial charge in [-0.05, 0) is 29.2 Å². The van der Waals surface area contributed by atoms with Gasteiger partial charge in [0, 0.05) is 0 Å². The Hall–Kier alpha value is -2.82. The molecule has 2 aromatic carbocycles. The monoisotopic (exact) mass is 327 g/mol. The van der Waals surface area contributed by atoms with Gasteiger partial charge in [0.15, 0.2) is 12.6 Å². The lowest BCUT2D eigenvalue weighted by atomic mass is 10.0. The standard InChI is InChI=1S/C19H21NO4/c1-13(2)14-8-10-16(11-9-14)24-12-17(21)20-18(19(22)23)15-6-4-3-5-7-15/h3-11,13,18H,12H2,1-2H3,(H,20,21)(H,22,23)/t18-/m1/s1. The van der Waals surface area contributed by atoms with Gasteiger partial charge in [-0.15, -0.1) is 0 Å². The van der Waals surface area contributed by atoms with Crippen molar-refractivity contribution in [3.63, 3.8) is 0 Å². The van der Waals surface area contributed by atoms with Gasteiger partial charge in [0.1, 0.15) is 5.75 Å². The minimum Gasteiger partial charge on any atom is -0.484 e. The highest BCUT2D eigenvalue weighted by atomic mass is 16.5. The van der Waals surface area contributed by atoms with E-state index in [1.807, 2.05) is 12.1 Å². The predicted molar refractivity (Wildman–Crippen MR) is 91.0 cm³/mol. The summed E-state index contributed by atoms with van der Waals surface area (Å²) in [6, 6.07) is 15.0. The molecular weight excluding hydrogens is 306 g/mol. The maximum absolute atomic E-state index is 12.0. The Balaban J connectivity index is 1.93. The quantitative estimate of drug-likeness (QED) is 0.819. The molecule has 1 amide bonds. The van der Waals surface area contributed by atoms with E-state index < -0.39 is 17.9 Å². The lowest BCUT2D eigenvalue weighted by molar-refractivity contribution is -0.142. The van der Waals surface area contributed by atoms with Crippen molar-refractivity contribution in [3.8, 4) is 5.75 Å². The third-order valence-electron chi connectivity index (χ3n) is 3.60. The maximum Gasteiger partial charge on any atom is 0.330 e. The van der Waals surface area contributed by atoms with Crippen molar-refractivity contribution in [1.29, 1.82) is 0 Å². The molecule has 0 saturated carbocycles. The highest BCUT2D eigenvalue weighted by Gasteiger charge is 2.21. The molecule has 2 N–H and O–H groups in total. The third kappa shape index (κ3) is 4.84. The lowest BCUT2D eigenvalue weighted by Gasteiger charge is -2.15. The molecule has 2 rings (SSSR count). The molecule has 0 fully saturated rings. The molecule has 0 aliphatic rings. The van der Waals surface area contributed by atoms with E-state index in [-0.39, 0.29) is 6.61 Å². The van der Waals surface area contributed by atoms with E-state index >= 15 is 0 Å². The molecule has 0 saturated heterocycles.